The number of hydrogen-bond donors (Lipinski definition) is 2. The van der Waals surface area contributed by atoms with Crippen LogP contribution in [0.3, 0.4) is 0 Å². The van der Waals surface area contributed by atoms with Crippen molar-refractivity contribution in [1.82, 2.24) is 0 Å². The molecule has 3 N–H and O–H groups in total. The first kappa shape index (κ1) is 13.4. The maximum absolute atomic E-state index is 12.1. The predicted octanol–water partition coefficient (Wildman–Crippen LogP) is 3.29. The lowest BCUT2D eigenvalue weighted by molar-refractivity contribution is 0.102. The van der Waals surface area contributed by atoms with E-state index in [2.05, 4.69) is 21.2 Å². The van der Waals surface area contributed by atoms with Gasteiger partial charge in [-0.3, -0.25) is 4.79 Å². The van der Waals surface area contributed by atoms with Gasteiger partial charge in [0.25, 0.3) is 5.91 Å². The lowest BCUT2D eigenvalue weighted by atomic mass is 10.2. The minimum Gasteiger partial charge on any atom is -0.497 e. The van der Waals surface area contributed by atoms with Crippen LogP contribution in [-0.2, 0) is 0 Å². The molecule has 0 saturated heterocycles. The summed E-state index contributed by atoms with van der Waals surface area (Å²) < 4.78 is 5.83. The van der Waals surface area contributed by atoms with Crippen LogP contribution in [-0.4, -0.2) is 13.0 Å². The van der Waals surface area contributed by atoms with Crippen molar-refractivity contribution in [3.05, 3.63) is 52.5 Å². The number of carbonyl (C=O) groups excluding carboxylic acids is 1. The third-order valence-corrected chi connectivity index (χ3v) is 3.23. The van der Waals surface area contributed by atoms with Gasteiger partial charge in [-0.05, 0) is 52.3 Å². The first-order valence-electron chi connectivity index (χ1n) is 5.60. The third kappa shape index (κ3) is 3.26. The normalized spacial score (nSPS) is 10.0. The van der Waals surface area contributed by atoms with Crippen LogP contribution in [0.4, 0.5) is 11.4 Å². The molecule has 2 aromatic carbocycles. The van der Waals surface area contributed by atoms with Crippen molar-refractivity contribution < 1.29 is 9.53 Å². The lowest BCUT2D eigenvalue weighted by Gasteiger charge is -2.09. The number of anilines is 2. The first-order chi connectivity index (χ1) is 9.10. The van der Waals surface area contributed by atoms with Gasteiger partial charge < -0.3 is 15.8 Å². The summed E-state index contributed by atoms with van der Waals surface area (Å²) in [6, 6.07) is 12.2. The highest BCUT2D eigenvalue weighted by atomic mass is 79.9. The molecular weight excluding hydrogens is 308 g/mol. The Morgan fingerprint density at radius 3 is 2.74 bits per heavy atom. The molecule has 5 heteroatoms. The van der Waals surface area contributed by atoms with Gasteiger partial charge >= 0.3 is 0 Å². The van der Waals surface area contributed by atoms with E-state index in [1.807, 2.05) is 0 Å². The van der Waals surface area contributed by atoms with E-state index in [0.29, 0.717) is 22.7 Å². The Morgan fingerprint density at radius 2 is 2.05 bits per heavy atom. The Labute approximate surface area is 119 Å². The maximum atomic E-state index is 12.1. The SMILES string of the molecule is COc1cccc(C(=O)Nc2ccc(N)cc2Br)c1. The van der Waals surface area contributed by atoms with Crippen LogP contribution in [0.15, 0.2) is 46.9 Å². The molecule has 0 radical (unpaired) electrons. The number of halogens is 1. The summed E-state index contributed by atoms with van der Waals surface area (Å²) in [7, 11) is 1.56. The van der Waals surface area contributed by atoms with Crippen molar-refractivity contribution in [2.75, 3.05) is 18.2 Å². The van der Waals surface area contributed by atoms with Gasteiger partial charge in [0.05, 0.1) is 12.8 Å². The van der Waals surface area contributed by atoms with Gasteiger partial charge in [-0.2, -0.15) is 0 Å². The highest BCUT2D eigenvalue weighted by molar-refractivity contribution is 9.10. The zero-order valence-electron chi connectivity index (χ0n) is 10.3. The number of methoxy groups -OCH3 is 1. The molecule has 0 aliphatic rings. The average molecular weight is 321 g/mol. The van der Waals surface area contributed by atoms with Gasteiger partial charge in [0.1, 0.15) is 5.75 Å². The summed E-state index contributed by atoms with van der Waals surface area (Å²) in [6.45, 7) is 0. The smallest absolute Gasteiger partial charge is 0.255 e. The van der Waals surface area contributed by atoms with Gasteiger partial charge in [0.2, 0.25) is 0 Å². The second kappa shape index (κ2) is 5.75. The van der Waals surface area contributed by atoms with Gasteiger partial charge in [-0.1, -0.05) is 6.07 Å². The van der Waals surface area contributed by atoms with Crippen molar-refractivity contribution in [3.8, 4) is 5.75 Å². The number of benzene rings is 2. The summed E-state index contributed by atoms with van der Waals surface area (Å²) in [5.74, 6) is 0.438. The van der Waals surface area contributed by atoms with Crippen molar-refractivity contribution in [2.24, 2.45) is 0 Å². The molecule has 0 aromatic heterocycles. The Morgan fingerprint density at radius 1 is 1.26 bits per heavy atom. The number of hydrogen-bond acceptors (Lipinski definition) is 3. The quantitative estimate of drug-likeness (QED) is 0.853. The monoisotopic (exact) mass is 320 g/mol. The Balaban J connectivity index is 2.20. The Bertz CT molecular complexity index is 614. The highest BCUT2D eigenvalue weighted by Crippen LogP contribution is 2.25. The van der Waals surface area contributed by atoms with Crippen LogP contribution in [0.2, 0.25) is 0 Å². The van der Waals surface area contributed by atoms with Gasteiger partial charge in [0, 0.05) is 15.7 Å². The molecule has 0 aliphatic carbocycles. The van der Waals surface area contributed by atoms with E-state index in [0.717, 1.165) is 4.47 Å². The van der Waals surface area contributed by atoms with Crippen LogP contribution in [0.5, 0.6) is 5.75 Å². The molecule has 1 amide bonds. The van der Waals surface area contributed by atoms with Gasteiger partial charge in [-0.15, -0.1) is 0 Å². The van der Waals surface area contributed by atoms with Crippen LogP contribution < -0.4 is 15.8 Å². The molecule has 0 heterocycles. The lowest BCUT2D eigenvalue weighted by Crippen LogP contribution is -2.12. The third-order valence-electron chi connectivity index (χ3n) is 2.57. The summed E-state index contributed by atoms with van der Waals surface area (Å²) in [5, 5.41) is 2.81. The molecule has 0 aliphatic heterocycles. The van der Waals surface area contributed by atoms with Crippen molar-refractivity contribution in [3.63, 3.8) is 0 Å². The first-order valence-corrected chi connectivity index (χ1v) is 6.40. The molecule has 19 heavy (non-hydrogen) atoms. The number of nitrogens with one attached hydrogen (secondary N) is 1. The second-order valence-electron chi connectivity index (χ2n) is 3.93. The maximum Gasteiger partial charge on any atom is 0.255 e. The van der Waals surface area contributed by atoms with E-state index in [1.54, 1.807) is 49.6 Å². The largest absolute Gasteiger partial charge is 0.497 e. The summed E-state index contributed by atoms with van der Waals surface area (Å²) in [6.07, 6.45) is 0. The molecule has 0 saturated carbocycles. The van der Waals surface area contributed by atoms with Crippen LogP contribution >= 0.6 is 15.9 Å². The van der Waals surface area contributed by atoms with E-state index >= 15 is 0 Å². The minimum atomic E-state index is -0.204. The molecule has 0 bridgehead atoms. The molecule has 2 aromatic rings. The Kier molecular flexibility index (Phi) is 4.06. The second-order valence-corrected chi connectivity index (χ2v) is 4.78. The van der Waals surface area contributed by atoms with Crippen molar-refractivity contribution in [2.45, 2.75) is 0 Å². The fraction of sp³-hybridized carbons (Fsp3) is 0.0714. The standard InChI is InChI=1S/C14H13BrN2O2/c1-19-11-4-2-3-9(7-11)14(18)17-13-6-5-10(16)8-12(13)15/h2-8H,16H2,1H3,(H,17,18). The van der Waals surface area contributed by atoms with Crippen molar-refractivity contribution >= 4 is 33.2 Å². The highest BCUT2D eigenvalue weighted by Gasteiger charge is 2.09. The number of carbonyl (C=O) groups is 1. The zero-order chi connectivity index (χ0) is 13.8. The van der Waals surface area contributed by atoms with E-state index in [9.17, 15) is 4.79 Å². The van der Waals surface area contributed by atoms with E-state index in [4.69, 9.17) is 10.5 Å². The molecule has 0 unspecified atom stereocenters. The molecule has 2 rings (SSSR count). The average Bonchev–Trinajstić information content (AvgIpc) is 2.42. The predicted molar refractivity (Wildman–Crippen MR) is 79.5 cm³/mol. The van der Waals surface area contributed by atoms with Gasteiger partial charge in [0.15, 0.2) is 0 Å². The number of rotatable bonds is 3. The molecule has 98 valence electrons. The topological polar surface area (TPSA) is 64.3 Å². The summed E-state index contributed by atoms with van der Waals surface area (Å²) in [5.41, 5.74) is 7.48. The number of nitrogen functional groups attached to an aromatic ring is 1. The fourth-order valence-electron chi connectivity index (χ4n) is 1.59. The van der Waals surface area contributed by atoms with Crippen LogP contribution in [0.25, 0.3) is 0 Å². The van der Waals surface area contributed by atoms with Crippen LogP contribution in [0, 0.1) is 0 Å². The number of nitrogens with two attached hydrogens (primary N) is 1. The van der Waals surface area contributed by atoms with E-state index in [-0.39, 0.29) is 5.91 Å². The molecular formula is C14H13BrN2O2. The number of amides is 1. The molecule has 0 fully saturated rings. The number of ether oxygens (including phenoxy) is 1. The van der Waals surface area contributed by atoms with E-state index < -0.39 is 0 Å². The molecule has 0 atom stereocenters. The Hall–Kier alpha value is -2.01. The van der Waals surface area contributed by atoms with Gasteiger partial charge in [-0.25, -0.2) is 0 Å². The fourth-order valence-corrected chi connectivity index (χ4v) is 2.09. The molecule has 0 spiro atoms. The van der Waals surface area contributed by atoms with Crippen LogP contribution in [0.1, 0.15) is 10.4 Å². The van der Waals surface area contributed by atoms with Crippen molar-refractivity contribution in [1.29, 1.82) is 0 Å². The summed E-state index contributed by atoms with van der Waals surface area (Å²) in [4.78, 5) is 12.1. The molecule has 4 nitrogen and oxygen atoms in total. The van der Waals surface area contributed by atoms with E-state index in [1.165, 1.54) is 0 Å². The zero-order valence-corrected chi connectivity index (χ0v) is 11.9. The minimum absolute atomic E-state index is 0.204. The summed E-state index contributed by atoms with van der Waals surface area (Å²) >= 11 is 3.36.